The maximum absolute atomic E-state index is 13.3. The van der Waals surface area contributed by atoms with Gasteiger partial charge in [0.25, 0.3) is 0 Å². The van der Waals surface area contributed by atoms with Crippen molar-refractivity contribution in [3.05, 3.63) is 76.7 Å². The van der Waals surface area contributed by atoms with E-state index >= 15 is 0 Å². The number of ether oxygens (including phenoxy) is 4. The van der Waals surface area contributed by atoms with E-state index in [0.29, 0.717) is 23.8 Å². The fourth-order valence-corrected chi connectivity index (χ4v) is 4.54. The van der Waals surface area contributed by atoms with Crippen molar-refractivity contribution >= 4 is 17.3 Å². The molecule has 2 heterocycles. The smallest absolute Gasteiger partial charge is 0.417 e. The van der Waals surface area contributed by atoms with E-state index in [4.69, 9.17) is 18.9 Å². The van der Waals surface area contributed by atoms with Crippen LogP contribution in [0.15, 0.2) is 60.7 Å². The second kappa shape index (κ2) is 10.2. The normalized spacial score (nSPS) is 14.9. The molecule has 0 saturated carbocycles. The van der Waals surface area contributed by atoms with Gasteiger partial charge in [-0.15, -0.1) is 11.3 Å². The van der Waals surface area contributed by atoms with Crippen molar-refractivity contribution in [2.45, 2.75) is 25.3 Å². The van der Waals surface area contributed by atoms with Gasteiger partial charge in [-0.1, -0.05) is 30.3 Å². The Kier molecular flexibility index (Phi) is 7.25. The van der Waals surface area contributed by atoms with Gasteiger partial charge in [0.15, 0.2) is 0 Å². The van der Waals surface area contributed by atoms with E-state index in [-0.39, 0.29) is 25.4 Å². The molecule has 5 nitrogen and oxygen atoms in total. The van der Waals surface area contributed by atoms with Crippen LogP contribution in [0.1, 0.15) is 22.9 Å². The molecule has 1 saturated heterocycles. The zero-order valence-electron chi connectivity index (χ0n) is 18.4. The van der Waals surface area contributed by atoms with Crippen molar-refractivity contribution in [2.75, 3.05) is 26.4 Å². The molecule has 0 radical (unpaired) electrons. The Morgan fingerprint density at radius 2 is 1.79 bits per heavy atom. The highest BCUT2D eigenvalue weighted by molar-refractivity contribution is 7.15. The SMILES string of the molecule is CCOC(=O)COC1(c2ccc(OCc3ccc(-c4ccccc4C(F)(F)F)s3)cc2)COC1. The zero-order chi connectivity index (χ0) is 24.2. The zero-order valence-corrected chi connectivity index (χ0v) is 19.2. The lowest BCUT2D eigenvalue weighted by atomic mass is 9.91. The molecule has 1 aromatic heterocycles. The fourth-order valence-electron chi connectivity index (χ4n) is 3.58. The van der Waals surface area contributed by atoms with Crippen LogP contribution in [0.5, 0.6) is 5.75 Å². The highest BCUT2D eigenvalue weighted by atomic mass is 32.1. The number of esters is 1. The first-order chi connectivity index (χ1) is 16.3. The molecule has 2 aromatic carbocycles. The summed E-state index contributed by atoms with van der Waals surface area (Å²) >= 11 is 1.26. The van der Waals surface area contributed by atoms with Crippen LogP contribution in [-0.4, -0.2) is 32.4 Å². The first-order valence-electron chi connectivity index (χ1n) is 10.7. The molecule has 34 heavy (non-hydrogen) atoms. The van der Waals surface area contributed by atoms with Crippen LogP contribution in [0.25, 0.3) is 10.4 Å². The summed E-state index contributed by atoms with van der Waals surface area (Å²) in [6, 6.07) is 16.3. The van der Waals surface area contributed by atoms with E-state index in [1.54, 1.807) is 37.3 Å². The minimum absolute atomic E-state index is 0.159. The van der Waals surface area contributed by atoms with Gasteiger partial charge >= 0.3 is 12.1 Å². The number of alkyl halides is 3. The van der Waals surface area contributed by atoms with Gasteiger partial charge < -0.3 is 18.9 Å². The highest BCUT2D eigenvalue weighted by Gasteiger charge is 2.42. The topological polar surface area (TPSA) is 54.0 Å². The molecular weight excluding hydrogens is 469 g/mol. The number of hydrogen-bond acceptors (Lipinski definition) is 6. The van der Waals surface area contributed by atoms with Gasteiger partial charge in [0.05, 0.1) is 25.4 Å². The summed E-state index contributed by atoms with van der Waals surface area (Å²) in [6.07, 6.45) is -4.41. The lowest BCUT2D eigenvalue weighted by molar-refractivity contribution is -0.221. The maximum atomic E-state index is 13.3. The molecule has 1 aliphatic rings. The Morgan fingerprint density at radius 3 is 2.44 bits per heavy atom. The molecule has 1 aliphatic heterocycles. The number of carbonyl (C=O) groups is 1. The first kappa shape index (κ1) is 24.3. The third-order valence-electron chi connectivity index (χ3n) is 5.36. The summed E-state index contributed by atoms with van der Waals surface area (Å²) in [4.78, 5) is 13.0. The van der Waals surface area contributed by atoms with Gasteiger partial charge in [0.1, 0.15) is 24.6 Å². The Balaban J connectivity index is 1.39. The Hall–Kier alpha value is -2.88. The first-order valence-corrected chi connectivity index (χ1v) is 11.5. The third-order valence-corrected chi connectivity index (χ3v) is 6.46. The van der Waals surface area contributed by atoms with Crippen LogP contribution < -0.4 is 4.74 Å². The van der Waals surface area contributed by atoms with Crippen LogP contribution in [0.2, 0.25) is 0 Å². The molecule has 0 N–H and O–H groups in total. The predicted octanol–water partition coefficient (Wildman–Crippen LogP) is 5.82. The molecule has 9 heteroatoms. The van der Waals surface area contributed by atoms with E-state index in [1.165, 1.54) is 23.5 Å². The monoisotopic (exact) mass is 492 g/mol. The Morgan fingerprint density at radius 1 is 1.06 bits per heavy atom. The number of hydrogen-bond donors (Lipinski definition) is 0. The van der Waals surface area contributed by atoms with Crippen molar-refractivity contribution in [1.29, 1.82) is 0 Å². The number of rotatable bonds is 9. The minimum atomic E-state index is -4.41. The van der Waals surface area contributed by atoms with Crippen molar-refractivity contribution in [2.24, 2.45) is 0 Å². The molecule has 3 aromatic rings. The molecule has 0 bridgehead atoms. The average Bonchev–Trinajstić information content (AvgIpc) is 3.26. The predicted molar refractivity (Wildman–Crippen MR) is 121 cm³/mol. The second-order valence-corrected chi connectivity index (χ2v) is 8.87. The maximum Gasteiger partial charge on any atom is 0.417 e. The summed E-state index contributed by atoms with van der Waals surface area (Å²) in [5.41, 5.74) is -0.331. The minimum Gasteiger partial charge on any atom is -0.488 e. The lowest BCUT2D eigenvalue weighted by Gasteiger charge is -2.41. The van der Waals surface area contributed by atoms with Gasteiger partial charge in [-0.3, -0.25) is 0 Å². The van der Waals surface area contributed by atoms with Crippen LogP contribution in [0, 0.1) is 0 Å². The number of thiophene rings is 1. The molecule has 0 spiro atoms. The summed E-state index contributed by atoms with van der Waals surface area (Å²) in [5, 5.41) is 0. The fraction of sp³-hybridized carbons (Fsp3) is 0.320. The average molecular weight is 493 g/mol. The molecule has 4 rings (SSSR count). The molecule has 0 aliphatic carbocycles. The Labute approximate surface area is 199 Å². The van der Waals surface area contributed by atoms with Crippen LogP contribution >= 0.6 is 11.3 Å². The summed E-state index contributed by atoms with van der Waals surface area (Å²) < 4.78 is 61.8. The second-order valence-electron chi connectivity index (χ2n) is 7.70. The van der Waals surface area contributed by atoms with Gasteiger partial charge in [0, 0.05) is 15.3 Å². The molecule has 0 amide bonds. The van der Waals surface area contributed by atoms with E-state index in [0.717, 1.165) is 16.5 Å². The molecule has 180 valence electrons. The highest BCUT2D eigenvalue weighted by Crippen LogP contribution is 2.39. The standard InChI is InChI=1S/C25H23F3O5S/c1-2-31-23(29)14-33-24(15-30-16-24)17-7-9-18(10-8-17)32-13-19-11-12-22(34-19)20-5-3-4-6-21(20)25(26,27)28/h3-12H,2,13-16H2,1H3. The Bertz CT molecular complexity index is 1120. The van der Waals surface area contributed by atoms with Crippen molar-refractivity contribution < 1.29 is 36.9 Å². The molecule has 1 fully saturated rings. The number of halogens is 3. The quantitative estimate of drug-likeness (QED) is 0.353. The van der Waals surface area contributed by atoms with Gasteiger partial charge in [-0.05, 0) is 42.8 Å². The largest absolute Gasteiger partial charge is 0.488 e. The van der Waals surface area contributed by atoms with E-state index in [9.17, 15) is 18.0 Å². The molecule has 0 atom stereocenters. The van der Waals surface area contributed by atoms with Crippen molar-refractivity contribution in [3.8, 4) is 16.2 Å². The summed E-state index contributed by atoms with van der Waals surface area (Å²) in [5.74, 6) is 0.178. The summed E-state index contributed by atoms with van der Waals surface area (Å²) in [7, 11) is 0. The summed E-state index contributed by atoms with van der Waals surface area (Å²) in [6.45, 7) is 2.77. The lowest BCUT2D eigenvalue weighted by Crippen LogP contribution is -2.49. The molecular formula is C25H23F3O5S. The van der Waals surface area contributed by atoms with Gasteiger partial charge in [0.2, 0.25) is 0 Å². The van der Waals surface area contributed by atoms with Crippen LogP contribution in [-0.2, 0) is 37.4 Å². The molecule has 0 unspecified atom stereocenters. The van der Waals surface area contributed by atoms with E-state index in [2.05, 4.69) is 0 Å². The third kappa shape index (κ3) is 5.43. The number of carbonyl (C=O) groups excluding carboxylic acids is 1. The van der Waals surface area contributed by atoms with E-state index < -0.39 is 23.3 Å². The number of benzene rings is 2. The van der Waals surface area contributed by atoms with E-state index in [1.807, 2.05) is 12.1 Å². The van der Waals surface area contributed by atoms with Crippen molar-refractivity contribution in [1.82, 2.24) is 0 Å². The van der Waals surface area contributed by atoms with Crippen LogP contribution in [0.4, 0.5) is 13.2 Å². The van der Waals surface area contributed by atoms with Gasteiger partial charge in [-0.2, -0.15) is 13.2 Å². The van der Waals surface area contributed by atoms with Gasteiger partial charge in [-0.25, -0.2) is 4.79 Å². The van der Waals surface area contributed by atoms with Crippen LogP contribution in [0.3, 0.4) is 0 Å². The van der Waals surface area contributed by atoms with Crippen molar-refractivity contribution in [3.63, 3.8) is 0 Å².